The highest BCUT2D eigenvalue weighted by atomic mass is 35.5. The number of hydrogen-bond acceptors (Lipinski definition) is 6. The molecular formula is C28H27ClF3N5O3. The molecule has 8 nitrogen and oxygen atoms in total. The summed E-state index contributed by atoms with van der Waals surface area (Å²) in [4.78, 5) is 19.1. The Morgan fingerprint density at radius 2 is 1.98 bits per heavy atom. The van der Waals surface area contributed by atoms with Crippen LogP contribution < -0.4 is 10.1 Å². The minimum atomic E-state index is -4.70. The molecule has 210 valence electrons. The van der Waals surface area contributed by atoms with Crippen LogP contribution in [0.2, 0.25) is 5.02 Å². The zero-order chi connectivity index (χ0) is 28.4. The van der Waals surface area contributed by atoms with Gasteiger partial charge in [-0.15, -0.1) is 0 Å². The summed E-state index contributed by atoms with van der Waals surface area (Å²) >= 11 is 6.19. The van der Waals surface area contributed by atoms with E-state index in [9.17, 15) is 28.3 Å². The van der Waals surface area contributed by atoms with Crippen LogP contribution >= 0.6 is 11.6 Å². The number of carbonyl (C=O) groups is 1. The molecule has 1 amide bonds. The van der Waals surface area contributed by atoms with E-state index in [1.807, 2.05) is 18.2 Å². The maximum Gasteiger partial charge on any atom is 0.418 e. The lowest BCUT2D eigenvalue weighted by Gasteiger charge is -2.42. The van der Waals surface area contributed by atoms with Gasteiger partial charge < -0.3 is 19.7 Å². The number of piperidine rings is 1. The number of carbonyl (C=O) groups excluding carboxylic acids is 1. The number of hydrogen-bond donors (Lipinski definition) is 2. The second-order valence-corrected chi connectivity index (χ2v) is 11.7. The quantitative estimate of drug-likeness (QED) is 0.444. The Morgan fingerprint density at radius 3 is 2.62 bits per heavy atom. The zero-order valence-corrected chi connectivity index (χ0v) is 22.4. The number of imidazole rings is 1. The third kappa shape index (κ3) is 4.48. The van der Waals surface area contributed by atoms with Crippen molar-refractivity contribution in [3.63, 3.8) is 0 Å². The topological polar surface area (TPSA) is 103 Å². The van der Waals surface area contributed by atoms with Crippen LogP contribution in [0.3, 0.4) is 0 Å². The molecule has 1 saturated heterocycles. The first-order chi connectivity index (χ1) is 18.9. The number of aromatic nitrogens is 2. The third-order valence-electron chi connectivity index (χ3n) is 8.45. The molecule has 6 rings (SSSR count). The Hall–Kier alpha value is -3.33. The summed E-state index contributed by atoms with van der Waals surface area (Å²) in [6.07, 6.45) is -3.03. The van der Waals surface area contributed by atoms with Crippen LogP contribution in [0.4, 0.5) is 18.9 Å². The Morgan fingerprint density at radius 1 is 1.25 bits per heavy atom. The molecule has 3 aliphatic rings. The van der Waals surface area contributed by atoms with E-state index in [-0.39, 0.29) is 48.0 Å². The number of fused-ring (bicyclic) bond motifs is 3. The van der Waals surface area contributed by atoms with E-state index < -0.39 is 28.8 Å². The first-order valence-electron chi connectivity index (χ1n) is 13.1. The third-order valence-corrected chi connectivity index (χ3v) is 8.68. The molecule has 0 radical (unpaired) electrons. The SMILES string of the molecule is CC1(O)CC(n2c(C#N)nc3cc(OCCN4CCC5(CC4)C(=O)Nc4ccc(Cl)cc45)cc(C(F)(F)F)c32)C1. The lowest BCUT2D eigenvalue weighted by molar-refractivity contribution is -0.136. The van der Waals surface area contributed by atoms with Crippen LogP contribution in [0.1, 0.15) is 55.6 Å². The minimum Gasteiger partial charge on any atom is -0.492 e. The first kappa shape index (κ1) is 26.9. The van der Waals surface area contributed by atoms with Crippen molar-refractivity contribution < 1.29 is 27.8 Å². The molecular weight excluding hydrogens is 547 g/mol. The fourth-order valence-electron chi connectivity index (χ4n) is 6.41. The van der Waals surface area contributed by atoms with E-state index in [4.69, 9.17) is 16.3 Å². The molecule has 2 N–H and O–H groups in total. The molecule has 0 atom stereocenters. The van der Waals surface area contributed by atoms with Gasteiger partial charge in [-0.05, 0) is 75.5 Å². The molecule has 12 heteroatoms. The summed E-state index contributed by atoms with van der Waals surface area (Å²) in [6.45, 7) is 3.47. The van der Waals surface area contributed by atoms with E-state index in [2.05, 4.69) is 15.2 Å². The van der Waals surface area contributed by atoms with Crippen molar-refractivity contribution in [3.8, 4) is 11.8 Å². The highest BCUT2D eigenvalue weighted by Crippen LogP contribution is 2.47. The van der Waals surface area contributed by atoms with Gasteiger partial charge in [-0.3, -0.25) is 9.69 Å². The van der Waals surface area contributed by atoms with Crippen molar-refractivity contribution in [1.29, 1.82) is 5.26 Å². The predicted molar refractivity (Wildman–Crippen MR) is 141 cm³/mol. The highest BCUT2D eigenvalue weighted by Gasteiger charge is 2.48. The molecule has 0 bridgehead atoms. The highest BCUT2D eigenvalue weighted by molar-refractivity contribution is 6.31. The van der Waals surface area contributed by atoms with Crippen molar-refractivity contribution in [3.05, 3.63) is 52.3 Å². The fraction of sp³-hybridized carbons (Fsp3) is 0.464. The average Bonchev–Trinajstić information content (AvgIpc) is 3.37. The van der Waals surface area contributed by atoms with Gasteiger partial charge in [-0.1, -0.05) is 11.6 Å². The van der Waals surface area contributed by atoms with E-state index in [1.54, 1.807) is 13.0 Å². The Kier molecular flexibility index (Phi) is 6.29. The summed E-state index contributed by atoms with van der Waals surface area (Å²) in [5.41, 5.74) is -0.991. The number of halogens is 4. The van der Waals surface area contributed by atoms with Crippen LogP contribution in [0.25, 0.3) is 11.0 Å². The van der Waals surface area contributed by atoms with Gasteiger partial charge in [-0.25, -0.2) is 4.98 Å². The standard InChI is InChI=1S/C28H27ClF3N5O3/c1-26(39)13-17(14-26)37-23(15-33)34-22-12-18(11-20(24(22)37)28(30,31)32)40-9-8-36-6-4-27(5-7-36)19-10-16(29)2-3-21(19)35-25(27)38/h2-3,10-12,17,39H,4-9,13-14H2,1H3,(H,35,38). The molecule has 0 unspecified atom stereocenters. The van der Waals surface area contributed by atoms with Crippen molar-refractivity contribution in [2.45, 2.75) is 55.8 Å². The number of rotatable bonds is 5. The van der Waals surface area contributed by atoms with Gasteiger partial charge in [0.15, 0.2) is 0 Å². The molecule has 2 aromatic carbocycles. The van der Waals surface area contributed by atoms with E-state index in [0.717, 1.165) is 17.3 Å². The normalized spacial score (nSPS) is 24.0. The number of anilines is 1. The number of likely N-dealkylation sites (tertiary alicyclic amines) is 1. The van der Waals surface area contributed by atoms with Gasteiger partial charge in [0.1, 0.15) is 18.4 Å². The van der Waals surface area contributed by atoms with Gasteiger partial charge in [0.2, 0.25) is 11.7 Å². The zero-order valence-electron chi connectivity index (χ0n) is 21.7. The Labute approximate surface area is 233 Å². The van der Waals surface area contributed by atoms with Crippen molar-refractivity contribution in [2.24, 2.45) is 0 Å². The van der Waals surface area contributed by atoms with Crippen LogP contribution in [0, 0.1) is 11.3 Å². The number of nitrogens with zero attached hydrogens (tertiary/aromatic N) is 4. The van der Waals surface area contributed by atoms with Gasteiger partial charge in [-0.2, -0.15) is 18.4 Å². The lowest BCUT2D eigenvalue weighted by Crippen LogP contribution is -2.47. The van der Waals surface area contributed by atoms with Crippen LogP contribution in [0.15, 0.2) is 30.3 Å². The monoisotopic (exact) mass is 573 g/mol. The minimum absolute atomic E-state index is 0.0155. The largest absolute Gasteiger partial charge is 0.492 e. The number of ether oxygens (including phenoxy) is 1. The summed E-state index contributed by atoms with van der Waals surface area (Å²) in [7, 11) is 0. The van der Waals surface area contributed by atoms with Crippen molar-refractivity contribution >= 4 is 34.2 Å². The number of aliphatic hydroxyl groups is 1. The molecule has 3 aromatic rings. The summed E-state index contributed by atoms with van der Waals surface area (Å²) in [5, 5.41) is 23.2. The molecule has 1 aromatic heterocycles. The van der Waals surface area contributed by atoms with Gasteiger partial charge in [0.05, 0.1) is 27.6 Å². The Bertz CT molecular complexity index is 1550. The van der Waals surface area contributed by atoms with E-state index in [0.29, 0.717) is 37.5 Å². The number of benzene rings is 2. The second kappa shape index (κ2) is 9.36. The summed E-state index contributed by atoms with van der Waals surface area (Å²) < 4.78 is 49.6. The fourth-order valence-corrected chi connectivity index (χ4v) is 6.58. The van der Waals surface area contributed by atoms with Crippen LogP contribution in [-0.2, 0) is 16.4 Å². The number of nitrogens with one attached hydrogen (secondary N) is 1. The van der Waals surface area contributed by atoms with Gasteiger partial charge in [0, 0.05) is 29.4 Å². The van der Waals surface area contributed by atoms with Crippen LogP contribution in [0.5, 0.6) is 5.75 Å². The lowest BCUT2D eigenvalue weighted by atomic mass is 9.73. The Balaban J connectivity index is 1.17. The maximum absolute atomic E-state index is 14.2. The number of amides is 1. The molecule has 40 heavy (non-hydrogen) atoms. The van der Waals surface area contributed by atoms with Crippen molar-refractivity contribution in [1.82, 2.24) is 14.5 Å². The molecule has 2 fully saturated rings. The van der Waals surface area contributed by atoms with Crippen LogP contribution in [-0.4, -0.2) is 57.3 Å². The molecule has 1 aliphatic carbocycles. The second-order valence-electron chi connectivity index (χ2n) is 11.2. The molecule has 2 aliphatic heterocycles. The summed E-state index contributed by atoms with van der Waals surface area (Å²) in [6, 6.07) is 9.23. The smallest absolute Gasteiger partial charge is 0.418 e. The molecule has 3 heterocycles. The number of nitriles is 1. The van der Waals surface area contributed by atoms with E-state index >= 15 is 0 Å². The first-order valence-corrected chi connectivity index (χ1v) is 13.5. The maximum atomic E-state index is 14.2. The van der Waals surface area contributed by atoms with Gasteiger partial charge in [0.25, 0.3) is 0 Å². The van der Waals surface area contributed by atoms with Crippen molar-refractivity contribution in [2.75, 3.05) is 31.6 Å². The molecule has 1 spiro atoms. The number of alkyl halides is 3. The van der Waals surface area contributed by atoms with E-state index in [1.165, 1.54) is 10.6 Å². The molecule has 1 saturated carbocycles. The average molecular weight is 574 g/mol. The summed E-state index contributed by atoms with van der Waals surface area (Å²) in [5.74, 6) is -0.142. The predicted octanol–water partition coefficient (Wildman–Crippen LogP) is 5.03. The van der Waals surface area contributed by atoms with Gasteiger partial charge >= 0.3 is 6.18 Å².